The van der Waals surface area contributed by atoms with Crippen LogP contribution in [0.15, 0.2) is 30.6 Å². The number of aromatic nitrogens is 3. The normalized spacial score (nSPS) is 15.0. The zero-order chi connectivity index (χ0) is 21.3. The molecule has 158 valence electrons. The highest BCUT2D eigenvalue weighted by molar-refractivity contribution is 7.18. The van der Waals surface area contributed by atoms with Crippen molar-refractivity contribution in [3.05, 3.63) is 41.2 Å². The molecule has 30 heavy (non-hydrogen) atoms. The van der Waals surface area contributed by atoms with Crippen molar-refractivity contribution >= 4 is 39.2 Å². The van der Waals surface area contributed by atoms with Crippen molar-refractivity contribution in [2.45, 2.75) is 38.6 Å². The van der Waals surface area contributed by atoms with Crippen LogP contribution in [0, 0.1) is 0 Å². The molecule has 1 aliphatic heterocycles. The lowest BCUT2D eigenvalue weighted by Gasteiger charge is -2.32. The van der Waals surface area contributed by atoms with Gasteiger partial charge in [-0.2, -0.15) is 5.10 Å². The molecule has 0 radical (unpaired) electrons. The second-order valence-corrected chi connectivity index (χ2v) is 9.02. The Morgan fingerprint density at radius 3 is 2.67 bits per heavy atom. The largest absolute Gasteiger partial charge is 0.349 e. The maximum absolute atomic E-state index is 12.7. The Bertz CT molecular complexity index is 1060. The second-order valence-electron chi connectivity index (χ2n) is 7.96. The average molecular weight is 427 g/mol. The minimum Gasteiger partial charge on any atom is -0.349 e. The molecule has 2 aromatic heterocycles. The molecule has 1 saturated heterocycles. The molecule has 8 nitrogen and oxygen atoms in total. The second kappa shape index (κ2) is 8.43. The van der Waals surface area contributed by atoms with Crippen molar-refractivity contribution in [3.8, 4) is 0 Å². The molecule has 3 amide bonds. The zero-order valence-corrected chi connectivity index (χ0v) is 18.2. The highest BCUT2D eigenvalue weighted by Gasteiger charge is 2.24. The van der Waals surface area contributed by atoms with E-state index in [0.717, 1.165) is 33.8 Å². The summed E-state index contributed by atoms with van der Waals surface area (Å²) in [4.78, 5) is 31.4. The fourth-order valence-corrected chi connectivity index (χ4v) is 4.51. The average Bonchev–Trinajstić information content (AvgIpc) is 3.34. The first-order valence-corrected chi connectivity index (χ1v) is 11.0. The summed E-state index contributed by atoms with van der Waals surface area (Å²) >= 11 is 1.67. The van der Waals surface area contributed by atoms with Crippen LogP contribution < -0.4 is 10.6 Å². The van der Waals surface area contributed by atoms with Gasteiger partial charge in [-0.25, -0.2) is 9.78 Å². The van der Waals surface area contributed by atoms with Gasteiger partial charge in [-0.1, -0.05) is 13.8 Å². The van der Waals surface area contributed by atoms with Gasteiger partial charge < -0.3 is 15.5 Å². The molecule has 3 heterocycles. The van der Waals surface area contributed by atoms with Gasteiger partial charge in [0.15, 0.2) is 0 Å². The van der Waals surface area contributed by atoms with Gasteiger partial charge in [0.25, 0.3) is 5.91 Å². The number of aryl methyl sites for hydroxylation is 1. The maximum Gasteiger partial charge on any atom is 0.321 e. The van der Waals surface area contributed by atoms with Gasteiger partial charge in [-0.05, 0) is 31.0 Å². The molecular weight excluding hydrogens is 400 g/mol. The molecule has 2 N–H and O–H groups in total. The predicted molar refractivity (Wildman–Crippen MR) is 118 cm³/mol. The van der Waals surface area contributed by atoms with Crippen molar-refractivity contribution in [1.82, 2.24) is 25.0 Å². The molecule has 0 bridgehead atoms. The zero-order valence-electron chi connectivity index (χ0n) is 17.4. The van der Waals surface area contributed by atoms with E-state index in [2.05, 4.69) is 34.6 Å². The summed E-state index contributed by atoms with van der Waals surface area (Å²) < 4.78 is 2.68. The molecule has 0 spiro atoms. The van der Waals surface area contributed by atoms with Gasteiger partial charge >= 0.3 is 6.03 Å². The fraction of sp³-hybridized carbons (Fsp3) is 0.429. The Morgan fingerprint density at radius 1 is 1.23 bits per heavy atom. The van der Waals surface area contributed by atoms with Crippen molar-refractivity contribution < 1.29 is 9.59 Å². The Balaban J connectivity index is 1.31. The van der Waals surface area contributed by atoms with Crippen LogP contribution in [0.2, 0.25) is 0 Å². The summed E-state index contributed by atoms with van der Waals surface area (Å²) in [6.45, 7) is 5.46. The Hall–Kier alpha value is -2.94. The van der Waals surface area contributed by atoms with E-state index in [1.165, 1.54) is 0 Å². The lowest BCUT2D eigenvalue weighted by Crippen LogP contribution is -2.47. The smallest absolute Gasteiger partial charge is 0.321 e. The number of hydrogen-bond acceptors (Lipinski definition) is 5. The molecule has 0 atom stereocenters. The lowest BCUT2D eigenvalue weighted by atomic mass is 10.0. The van der Waals surface area contributed by atoms with Crippen LogP contribution in [0.3, 0.4) is 0 Å². The summed E-state index contributed by atoms with van der Waals surface area (Å²) in [7, 11) is 1.78. The van der Waals surface area contributed by atoms with E-state index in [0.29, 0.717) is 24.6 Å². The number of rotatable bonds is 4. The molecular formula is C21H26N6O2S. The molecule has 9 heteroatoms. The van der Waals surface area contributed by atoms with E-state index in [1.807, 2.05) is 18.2 Å². The van der Waals surface area contributed by atoms with Crippen LogP contribution in [0.25, 0.3) is 10.2 Å². The van der Waals surface area contributed by atoms with E-state index < -0.39 is 0 Å². The first-order chi connectivity index (χ1) is 14.4. The number of anilines is 1. The number of piperidine rings is 1. The van der Waals surface area contributed by atoms with Crippen molar-refractivity contribution in [2.75, 3.05) is 18.4 Å². The number of carbonyl (C=O) groups excluding carboxylic acids is 2. The molecule has 0 aliphatic carbocycles. The van der Waals surface area contributed by atoms with Crippen LogP contribution in [-0.2, 0) is 7.05 Å². The van der Waals surface area contributed by atoms with Gasteiger partial charge in [0.05, 0.1) is 27.0 Å². The molecule has 1 aliphatic rings. The molecule has 4 rings (SSSR count). The summed E-state index contributed by atoms with van der Waals surface area (Å²) in [6.07, 6.45) is 4.71. The highest BCUT2D eigenvalue weighted by Crippen LogP contribution is 2.29. The Kier molecular flexibility index (Phi) is 5.72. The number of hydrogen-bond donors (Lipinski definition) is 2. The van der Waals surface area contributed by atoms with E-state index in [1.54, 1.807) is 40.4 Å². The molecule has 0 unspecified atom stereocenters. The summed E-state index contributed by atoms with van der Waals surface area (Å²) in [5.41, 5.74) is 2.29. The number of thiazole rings is 1. The van der Waals surface area contributed by atoms with E-state index in [4.69, 9.17) is 0 Å². The minimum atomic E-state index is -0.121. The Labute approximate surface area is 179 Å². The molecule has 0 saturated carbocycles. The van der Waals surface area contributed by atoms with Gasteiger partial charge in [-0.15, -0.1) is 11.3 Å². The number of amides is 3. The van der Waals surface area contributed by atoms with Crippen LogP contribution >= 0.6 is 11.3 Å². The van der Waals surface area contributed by atoms with Gasteiger partial charge in [0, 0.05) is 44.0 Å². The number of urea groups is 1. The standard InChI is InChI=1S/C21H26N6O2S/c1-13(2)20-25-17-5-4-16(10-18(17)30-20)24-21(29)27-8-6-15(7-9-27)23-19(28)14-11-22-26(3)12-14/h4-5,10-13,15H,6-9H2,1-3H3,(H,23,28)(H,24,29). The number of likely N-dealkylation sites (tertiary alicyclic amines) is 1. The number of carbonyl (C=O) groups is 2. The van der Waals surface area contributed by atoms with Gasteiger partial charge in [-0.3, -0.25) is 9.48 Å². The number of nitrogens with one attached hydrogen (secondary N) is 2. The number of fused-ring (bicyclic) bond motifs is 1. The third kappa shape index (κ3) is 4.46. The molecule has 1 fully saturated rings. The Morgan fingerprint density at radius 2 is 2.00 bits per heavy atom. The SMILES string of the molecule is CC(C)c1nc2ccc(NC(=O)N3CCC(NC(=O)c4cnn(C)c4)CC3)cc2s1. The molecule has 1 aromatic carbocycles. The summed E-state index contributed by atoms with van der Waals surface area (Å²) in [5.74, 6) is 0.269. The van der Waals surface area contributed by atoms with E-state index in [9.17, 15) is 9.59 Å². The maximum atomic E-state index is 12.7. The number of nitrogens with zero attached hydrogens (tertiary/aromatic N) is 4. The van der Waals surface area contributed by atoms with Crippen molar-refractivity contribution in [1.29, 1.82) is 0 Å². The first kappa shape index (κ1) is 20.3. The predicted octanol–water partition coefficient (Wildman–Crippen LogP) is 3.58. The lowest BCUT2D eigenvalue weighted by molar-refractivity contribution is 0.0919. The monoisotopic (exact) mass is 426 g/mol. The topological polar surface area (TPSA) is 92.2 Å². The van der Waals surface area contributed by atoms with Crippen LogP contribution in [0.1, 0.15) is 48.0 Å². The van der Waals surface area contributed by atoms with Gasteiger partial charge in [0.1, 0.15) is 0 Å². The third-order valence-electron chi connectivity index (χ3n) is 5.23. The van der Waals surface area contributed by atoms with E-state index >= 15 is 0 Å². The van der Waals surface area contributed by atoms with Crippen LogP contribution in [0.5, 0.6) is 0 Å². The molecule has 3 aromatic rings. The van der Waals surface area contributed by atoms with Crippen LogP contribution in [-0.4, -0.2) is 50.7 Å². The first-order valence-electron chi connectivity index (χ1n) is 10.1. The summed E-state index contributed by atoms with van der Waals surface area (Å²) in [5, 5.41) is 11.2. The highest BCUT2D eigenvalue weighted by atomic mass is 32.1. The quantitative estimate of drug-likeness (QED) is 0.667. The van der Waals surface area contributed by atoms with Crippen LogP contribution in [0.4, 0.5) is 10.5 Å². The minimum absolute atomic E-state index is 0.0600. The van der Waals surface area contributed by atoms with Crippen molar-refractivity contribution in [2.24, 2.45) is 7.05 Å². The van der Waals surface area contributed by atoms with E-state index in [-0.39, 0.29) is 18.0 Å². The summed E-state index contributed by atoms with van der Waals surface area (Å²) in [6, 6.07) is 5.78. The van der Waals surface area contributed by atoms with Crippen molar-refractivity contribution in [3.63, 3.8) is 0 Å². The third-order valence-corrected chi connectivity index (χ3v) is 6.55. The number of benzene rings is 1. The fourth-order valence-electron chi connectivity index (χ4n) is 3.50. The van der Waals surface area contributed by atoms with Gasteiger partial charge in [0.2, 0.25) is 0 Å².